The van der Waals surface area contributed by atoms with Crippen LogP contribution in [0.1, 0.15) is 18.4 Å². The molecule has 0 radical (unpaired) electrons. The van der Waals surface area contributed by atoms with Crippen LogP contribution in [0.25, 0.3) is 5.57 Å². The number of aromatic nitrogens is 1. The third kappa shape index (κ3) is 4.52. The Hall–Kier alpha value is -3.61. The average Bonchev–Trinajstić information content (AvgIpc) is 2.69. The molecule has 27 heavy (non-hydrogen) atoms. The summed E-state index contributed by atoms with van der Waals surface area (Å²) in [5.74, 6) is 0.576. The number of hydrogen-bond acceptors (Lipinski definition) is 3. The summed E-state index contributed by atoms with van der Waals surface area (Å²) in [5, 5.41) is 12.2. The number of carboxylic acids is 1. The van der Waals surface area contributed by atoms with Gasteiger partial charge in [0.2, 0.25) is 0 Å². The zero-order valence-corrected chi connectivity index (χ0v) is 14.9. The molecule has 1 heterocycles. The van der Waals surface area contributed by atoms with Gasteiger partial charge in [0, 0.05) is 17.2 Å². The summed E-state index contributed by atoms with van der Waals surface area (Å²) in [6.07, 6.45) is 6.77. The largest absolute Gasteiger partial charge is 0.495 e. The molecule has 0 fully saturated rings. The predicted octanol–water partition coefficient (Wildman–Crippen LogP) is 2.76. The smallest absolute Gasteiger partial charge is 0.331 e. The molecule has 0 bridgehead atoms. The lowest BCUT2D eigenvalue weighted by molar-refractivity contribution is -0.362. The van der Waals surface area contributed by atoms with Crippen molar-refractivity contribution in [1.29, 1.82) is 0 Å². The van der Waals surface area contributed by atoms with Crippen molar-refractivity contribution < 1.29 is 19.6 Å². The highest BCUT2D eigenvalue weighted by molar-refractivity contribution is 5.95. The molecule has 0 aliphatic heterocycles. The van der Waals surface area contributed by atoms with Crippen LogP contribution < -0.4 is 20.8 Å². The summed E-state index contributed by atoms with van der Waals surface area (Å²) in [4.78, 5) is 18.5. The number of methoxy groups -OCH3 is 1. The first-order valence-corrected chi connectivity index (χ1v) is 8.47. The molecule has 0 atom stereocenters. The van der Waals surface area contributed by atoms with Gasteiger partial charge in [-0.2, -0.15) is 0 Å². The second-order valence-corrected chi connectivity index (χ2v) is 5.96. The van der Waals surface area contributed by atoms with Crippen molar-refractivity contribution in [2.75, 3.05) is 12.4 Å². The zero-order chi connectivity index (χ0) is 19.2. The second kappa shape index (κ2) is 8.18. The number of aliphatic carboxylic acids is 1. The van der Waals surface area contributed by atoms with Crippen LogP contribution >= 0.6 is 0 Å². The molecule has 1 aliphatic carbocycles. The molecule has 5 N–H and O–H groups in total. The number of hydrogen-bond donors (Lipinski definition) is 3. The van der Waals surface area contributed by atoms with Gasteiger partial charge in [0.15, 0.2) is 0 Å². The van der Waals surface area contributed by atoms with Crippen molar-refractivity contribution in [3.05, 3.63) is 65.9 Å². The summed E-state index contributed by atoms with van der Waals surface area (Å²) in [5.41, 5.74) is 8.88. The van der Waals surface area contributed by atoms with E-state index in [0.29, 0.717) is 30.0 Å². The number of anilines is 1. The fourth-order valence-electron chi connectivity index (χ4n) is 2.78. The Kier molecular flexibility index (Phi) is 5.51. The molecule has 1 aliphatic rings. The molecule has 0 unspecified atom stereocenters. The molecule has 7 nitrogen and oxygen atoms in total. The maximum absolute atomic E-state index is 11.2. The van der Waals surface area contributed by atoms with Crippen LogP contribution in [0.4, 0.5) is 11.5 Å². The standard InChI is InChI=1S/C20H20N4O3/c1-27-17-8-3-2-7-16(17)23-20(21)24-18-10-9-15(12-22-18)13-5-4-6-14(11-13)19(25)26/h2-3,5,7-12H,4,6H2,1H3,(H,25,26)(H3,21,22,23,24)/p+1. The van der Waals surface area contributed by atoms with Crippen molar-refractivity contribution in [3.8, 4) is 5.75 Å². The summed E-state index contributed by atoms with van der Waals surface area (Å²) < 4.78 is 5.27. The van der Waals surface area contributed by atoms with E-state index in [9.17, 15) is 4.79 Å². The normalized spacial score (nSPS) is 14.2. The molecular formula is C20H21N4O3+. The number of nitrogens with one attached hydrogen (secondary N) is 2. The number of guanidine groups is 1. The molecule has 2 aromatic rings. The molecule has 0 amide bonds. The number of carboxylic acid groups (broad SMARTS) is 1. The van der Waals surface area contributed by atoms with Gasteiger partial charge in [-0.05, 0) is 47.7 Å². The quantitative estimate of drug-likeness (QED) is 0.557. The Balaban J connectivity index is 1.74. The first kappa shape index (κ1) is 18.2. The maximum atomic E-state index is 11.2. The number of pyridine rings is 1. The van der Waals surface area contributed by atoms with Crippen LogP contribution in [0.15, 0.2) is 65.3 Å². The minimum Gasteiger partial charge on any atom is -0.495 e. The van der Waals surface area contributed by atoms with Crippen molar-refractivity contribution in [2.45, 2.75) is 12.8 Å². The van der Waals surface area contributed by atoms with Crippen molar-refractivity contribution in [2.24, 2.45) is 10.7 Å². The van der Waals surface area contributed by atoms with E-state index in [4.69, 9.17) is 15.6 Å². The molecule has 0 saturated heterocycles. The summed E-state index contributed by atoms with van der Waals surface area (Å²) in [6, 6.07) is 11.1. The first-order chi connectivity index (χ1) is 13.1. The lowest BCUT2D eigenvalue weighted by Gasteiger charge is -2.10. The van der Waals surface area contributed by atoms with Crippen LogP contribution in [-0.2, 0) is 4.79 Å². The molecular weight excluding hydrogens is 344 g/mol. The fourth-order valence-corrected chi connectivity index (χ4v) is 2.78. The SMILES string of the molecule is COc1ccccc1NC(N)=Nc1ccc(C2=CCCC(C(=O)O)=C2)c[nH+]1. The van der Waals surface area contributed by atoms with Crippen LogP contribution in [0, 0.1) is 0 Å². The number of ether oxygens (including phenoxy) is 1. The number of aliphatic imine (C=N–C) groups is 1. The van der Waals surface area contributed by atoms with E-state index >= 15 is 0 Å². The minimum atomic E-state index is -0.874. The molecule has 1 aromatic heterocycles. The van der Waals surface area contributed by atoms with Gasteiger partial charge in [-0.1, -0.05) is 18.2 Å². The first-order valence-electron chi connectivity index (χ1n) is 8.47. The van der Waals surface area contributed by atoms with Crippen molar-refractivity contribution in [3.63, 3.8) is 0 Å². The topological polar surface area (TPSA) is 111 Å². The average molecular weight is 365 g/mol. The summed E-state index contributed by atoms with van der Waals surface area (Å²) in [6.45, 7) is 0. The van der Waals surface area contributed by atoms with E-state index in [1.807, 2.05) is 36.4 Å². The molecule has 138 valence electrons. The van der Waals surface area contributed by atoms with E-state index in [2.05, 4.69) is 15.3 Å². The highest BCUT2D eigenvalue weighted by atomic mass is 16.5. The number of aromatic amines is 1. The van der Waals surface area contributed by atoms with Gasteiger partial charge in [-0.3, -0.25) is 0 Å². The van der Waals surface area contributed by atoms with Crippen LogP contribution in [0.3, 0.4) is 0 Å². The Morgan fingerprint density at radius 3 is 2.81 bits per heavy atom. The summed E-state index contributed by atoms with van der Waals surface area (Å²) >= 11 is 0. The number of nitrogens with two attached hydrogens (primary N) is 1. The van der Waals surface area contributed by atoms with Crippen LogP contribution in [0.5, 0.6) is 5.75 Å². The molecule has 7 heteroatoms. The van der Waals surface area contributed by atoms with E-state index in [0.717, 1.165) is 16.8 Å². The van der Waals surface area contributed by atoms with Crippen LogP contribution in [-0.4, -0.2) is 24.1 Å². The Morgan fingerprint density at radius 1 is 1.30 bits per heavy atom. The highest BCUT2D eigenvalue weighted by Crippen LogP contribution is 2.25. The van der Waals surface area contributed by atoms with Crippen molar-refractivity contribution >= 4 is 29.0 Å². The van der Waals surface area contributed by atoms with E-state index in [-0.39, 0.29) is 5.96 Å². The number of H-pyrrole nitrogens is 1. The monoisotopic (exact) mass is 365 g/mol. The maximum Gasteiger partial charge on any atom is 0.331 e. The predicted molar refractivity (Wildman–Crippen MR) is 104 cm³/mol. The van der Waals surface area contributed by atoms with E-state index in [1.165, 1.54) is 0 Å². The van der Waals surface area contributed by atoms with Gasteiger partial charge in [0.1, 0.15) is 5.75 Å². The van der Waals surface area contributed by atoms with Crippen molar-refractivity contribution in [1.82, 2.24) is 0 Å². The Morgan fingerprint density at radius 2 is 2.11 bits per heavy atom. The second-order valence-electron chi connectivity index (χ2n) is 5.96. The van der Waals surface area contributed by atoms with Gasteiger partial charge in [-0.15, -0.1) is 0 Å². The molecule has 0 saturated carbocycles. The fraction of sp³-hybridized carbons (Fsp3) is 0.150. The zero-order valence-electron chi connectivity index (χ0n) is 14.9. The molecule has 3 rings (SSSR count). The van der Waals surface area contributed by atoms with Gasteiger partial charge < -0.3 is 20.9 Å². The van der Waals surface area contributed by atoms with Gasteiger partial charge in [-0.25, -0.2) is 9.78 Å². The van der Waals surface area contributed by atoms with Gasteiger partial charge in [0.05, 0.1) is 19.0 Å². The third-order valence-electron chi connectivity index (χ3n) is 4.12. The molecule has 0 spiro atoms. The van der Waals surface area contributed by atoms with E-state index < -0.39 is 5.97 Å². The third-order valence-corrected chi connectivity index (χ3v) is 4.12. The number of para-hydroxylation sites is 2. The number of nitrogens with zero attached hydrogens (tertiary/aromatic N) is 1. The van der Waals surface area contributed by atoms with Gasteiger partial charge >= 0.3 is 17.7 Å². The van der Waals surface area contributed by atoms with Crippen LogP contribution in [0.2, 0.25) is 0 Å². The number of benzene rings is 1. The Labute approximate surface area is 156 Å². The lowest BCUT2D eigenvalue weighted by atomic mass is 9.95. The number of rotatable bonds is 5. The summed E-state index contributed by atoms with van der Waals surface area (Å²) in [7, 11) is 1.59. The number of carbonyl (C=O) groups is 1. The number of allylic oxidation sites excluding steroid dienone is 3. The Bertz CT molecular complexity index is 930. The minimum absolute atomic E-state index is 0.216. The highest BCUT2D eigenvalue weighted by Gasteiger charge is 2.14. The van der Waals surface area contributed by atoms with E-state index in [1.54, 1.807) is 25.4 Å². The lowest BCUT2D eigenvalue weighted by Crippen LogP contribution is -2.23. The molecule has 1 aromatic carbocycles. The van der Waals surface area contributed by atoms with Gasteiger partial charge in [0.25, 0.3) is 0 Å².